The average molecular weight is 453 g/mol. The van der Waals surface area contributed by atoms with Gasteiger partial charge in [0.1, 0.15) is 17.5 Å². The molecule has 2 amide bonds. The minimum absolute atomic E-state index is 0.419. The van der Waals surface area contributed by atoms with Crippen LogP contribution < -0.4 is 16.0 Å². The Balaban J connectivity index is 2.12. The Morgan fingerprint density at radius 3 is 2.61 bits per heavy atom. The van der Waals surface area contributed by atoms with Gasteiger partial charge in [-0.25, -0.2) is 9.18 Å². The van der Waals surface area contributed by atoms with Gasteiger partial charge < -0.3 is 20.7 Å². The number of aromatic nitrogens is 1. The van der Waals surface area contributed by atoms with Crippen LogP contribution in [0.3, 0.4) is 0 Å². The molecule has 0 radical (unpaired) electrons. The number of carbonyl (C=O) groups is 2. The molecule has 0 unspecified atom stereocenters. The van der Waals surface area contributed by atoms with Gasteiger partial charge in [-0.15, -0.1) is 0 Å². The second kappa shape index (κ2) is 9.01. The Morgan fingerprint density at radius 1 is 1.25 bits per heavy atom. The van der Waals surface area contributed by atoms with Crippen molar-refractivity contribution in [1.82, 2.24) is 10.3 Å². The number of anilines is 3. The van der Waals surface area contributed by atoms with Gasteiger partial charge in [-0.3, -0.25) is 9.78 Å². The van der Waals surface area contributed by atoms with E-state index in [1.54, 1.807) is 45.9 Å². The Morgan fingerprint density at radius 2 is 1.96 bits per heavy atom. The molecule has 1 aromatic carbocycles. The smallest absolute Gasteiger partial charge is 0.408 e. The van der Waals surface area contributed by atoms with Crippen molar-refractivity contribution in [2.45, 2.75) is 39.3 Å². The second-order valence-corrected chi connectivity index (χ2v) is 7.89. The van der Waals surface area contributed by atoms with Crippen molar-refractivity contribution in [1.29, 1.82) is 0 Å². The quantitative estimate of drug-likeness (QED) is 0.617. The summed E-state index contributed by atoms with van der Waals surface area (Å²) >= 11 is 3.41. The van der Waals surface area contributed by atoms with Crippen LogP contribution in [0.25, 0.3) is 0 Å². The number of alkyl carbamates (subject to hydrolysis) is 1. The number of amides is 2. The van der Waals surface area contributed by atoms with Gasteiger partial charge in [0.15, 0.2) is 0 Å². The summed E-state index contributed by atoms with van der Waals surface area (Å²) in [7, 11) is 0. The Bertz CT molecular complexity index is 870. The van der Waals surface area contributed by atoms with Crippen molar-refractivity contribution in [3.05, 3.63) is 46.9 Å². The maximum absolute atomic E-state index is 13.4. The molecule has 1 heterocycles. The zero-order valence-electron chi connectivity index (χ0n) is 16.0. The molecule has 2 rings (SSSR count). The predicted molar refractivity (Wildman–Crippen MR) is 109 cm³/mol. The number of carbonyl (C=O) groups excluding carboxylic acids is 2. The molecule has 1 aromatic heterocycles. The van der Waals surface area contributed by atoms with E-state index in [9.17, 15) is 14.0 Å². The second-order valence-electron chi connectivity index (χ2n) is 7.04. The van der Waals surface area contributed by atoms with Crippen molar-refractivity contribution < 1.29 is 18.7 Å². The van der Waals surface area contributed by atoms with Crippen molar-refractivity contribution in [3.8, 4) is 0 Å². The van der Waals surface area contributed by atoms with Crippen LogP contribution in [-0.2, 0) is 9.53 Å². The highest BCUT2D eigenvalue weighted by Gasteiger charge is 2.22. The van der Waals surface area contributed by atoms with Crippen LogP contribution in [0.15, 0.2) is 41.1 Å². The zero-order valence-corrected chi connectivity index (χ0v) is 17.6. The fraction of sp³-hybridized carbons (Fsp3) is 0.316. The molecule has 0 bridgehead atoms. The topological polar surface area (TPSA) is 92.3 Å². The van der Waals surface area contributed by atoms with Crippen LogP contribution in [0.4, 0.5) is 26.2 Å². The highest BCUT2D eigenvalue weighted by atomic mass is 79.9. The zero-order chi connectivity index (χ0) is 20.9. The third-order valence-electron chi connectivity index (χ3n) is 3.37. The summed E-state index contributed by atoms with van der Waals surface area (Å²) in [6, 6.07) is 5.63. The molecule has 0 fully saturated rings. The van der Waals surface area contributed by atoms with E-state index in [4.69, 9.17) is 4.74 Å². The number of benzene rings is 1. The summed E-state index contributed by atoms with van der Waals surface area (Å²) in [6.07, 6.45) is 1.87. The van der Waals surface area contributed by atoms with Crippen molar-refractivity contribution in [2.24, 2.45) is 0 Å². The molecular weight excluding hydrogens is 431 g/mol. The molecule has 0 aliphatic carbocycles. The number of hydrogen-bond acceptors (Lipinski definition) is 5. The van der Waals surface area contributed by atoms with Crippen LogP contribution in [0.2, 0.25) is 0 Å². The van der Waals surface area contributed by atoms with Gasteiger partial charge in [0.05, 0.1) is 29.5 Å². The maximum Gasteiger partial charge on any atom is 0.408 e. The molecular formula is C19H22BrFN4O3. The third-order valence-corrected chi connectivity index (χ3v) is 4.03. The minimum atomic E-state index is -0.836. The summed E-state index contributed by atoms with van der Waals surface area (Å²) < 4.78 is 19.2. The van der Waals surface area contributed by atoms with Gasteiger partial charge in [0.2, 0.25) is 5.91 Å². The summed E-state index contributed by atoms with van der Waals surface area (Å²) in [6.45, 7) is 6.74. The molecule has 2 aromatic rings. The lowest BCUT2D eigenvalue weighted by molar-refractivity contribution is -0.117. The summed E-state index contributed by atoms with van der Waals surface area (Å²) in [4.78, 5) is 28.1. The van der Waals surface area contributed by atoms with Crippen LogP contribution in [0.5, 0.6) is 0 Å². The number of para-hydroxylation sites is 1. The Kier molecular flexibility index (Phi) is 6.95. The fourth-order valence-corrected chi connectivity index (χ4v) is 2.64. The highest BCUT2D eigenvalue weighted by molar-refractivity contribution is 9.10. The lowest BCUT2D eigenvalue weighted by atomic mass is 10.2. The largest absolute Gasteiger partial charge is 0.444 e. The van der Waals surface area contributed by atoms with Crippen molar-refractivity contribution in [2.75, 3.05) is 10.6 Å². The van der Waals surface area contributed by atoms with Crippen molar-refractivity contribution >= 4 is 45.0 Å². The monoisotopic (exact) mass is 452 g/mol. The van der Waals surface area contributed by atoms with Crippen molar-refractivity contribution in [3.63, 3.8) is 0 Å². The summed E-state index contributed by atoms with van der Waals surface area (Å²) in [5, 5.41) is 8.24. The van der Waals surface area contributed by atoms with Gasteiger partial charge in [-0.05, 0) is 55.8 Å². The summed E-state index contributed by atoms with van der Waals surface area (Å²) in [5.41, 5.74) is 0.720. The molecule has 0 aliphatic rings. The molecule has 3 N–H and O–H groups in total. The number of nitrogens with one attached hydrogen (secondary N) is 3. The molecule has 0 aliphatic heterocycles. The molecule has 7 nitrogen and oxygen atoms in total. The van der Waals surface area contributed by atoms with Crippen LogP contribution >= 0.6 is 15.9 Å². The van der Waals surface area contributed by atoms with Crippen LogP contribution in [0.1, 0.15) is 27.7 Å². The highest BCUT2D eigenvalue weighted by Crippen LogP contribution is 2.33. The van der Waals surface area contributed by atoms with E-state index < -0.39 is 29.5 Å². The number of nitrogens with zero attached hydrogens (tertiary/aromatic N) is 1. The first-order valence-electron chi connectivity index (χ1n) is 8.51. The first-order chi connectivity index (χ1) is 13.0. The van der Waals surface area contributed by atoms with Gasteiger partial charge in [-0.2, -0.15) is 0 Å². The number of rotatable bonds is 5. The number of halogens is 2. The van der Waals surface area contributed by atoms with E-state index in [-0.39, 0.29) is 0 Å². The molecule has 0 saturated carbocycles. The first-order valence-corrected chi connectivity index (χ1v) is 9.31. The lowest BCUT2D eigenvalue weighted by Crippen LogP contribution is -2.44. The van der Waals surface area contributed by atoms with E-state index >= 15 is 0 Å². The lowest BCUT2D eigenvalue weighted by Gasteiger charge is -2.22. The number of pyridine rings is 1. The maximum atomic E-state index is 13.4. The van der Waals surface area contributed by atoms with E-state index in [2.05, 4.69) is 36.9 Å². The molecule has 0 spiro atoms. The molecule has 150 valence electrons. The average Bonchev–Trinajstić information content (AvgIpc) is 2.56. The SMILES string of the molecule is C[C@H](NC(=O)OC(C)(C)C)C(=O)Nc1cccc(Br)c1Nc1cncc(F)c1. The Labute approximate surface area is 171 Å². The van der Waals surface area contributed by atoms with Gasteiger partial charge in [0.25, 0.3) is 0 Å². The molecule has 9 heteroatoms. The van der Waals surface area contributed by atoms with Gasteiger partial charge in [0, 0.05) is 10.5 Å². The standard InChI is InChI=1S/C19H22BrFN4O3/c1-11(23-18(27)28-19(2,3)4)17(26)25-15-7-5-6-14(20)16(15)24-13-8-12(21)9-22-10-13/h5-11,24H,1-4H3,(H,23,27)(H,25,26)/t11-/m0/s1. The number of ether oxygens (including phenoxy) is 1. The van der Waals surface area contributed by atoms with Gasteiger partial charge in [-0.1, -0.05) is 6.07 Å². The van der Waals surface area contributed by atoms with Crippen LogP contribution in [0, 0.1) is 5.82 Å². The number of hydrogen-bond donors (Lipinski definition) is 3. The third kappa shape index (κ3) is 6.49. The molecule has 0 saturated heterocycles. The normalized spacial score (nSPS) is 12.1. The van der Waals surface area contributed by atoms with E-state index in [0.717, 1.165) is 6.20 Å². The molecule has 28 heavy (non-hydrogen) atoms. The Hall–Kier alpha value is -2.68. The summed E-state index contributed by atoms with van der Waals surface area (Å²) in [5.74, 6) is -0.929. The van der Waals surface area contributed by atoms with E-state index in [0.29, 0.717) is 21.5 Å². The molecule has 1 atom stereocenters. The first kappa shape index (κ1) is 21.6. The van der Waals surface area contributed by atoms with E-state index in [1.807, 2.05) is 0 Å². The predicted octanol–water partition coefficient (Wildman–Crippen LogP) is 4.58. The van der Waals surface area contributed by atoms with E-state index in [1.165, 1.54) is 12.3 Å². The minimum Gasteiger partial charge on any atom is -0.444 e. The van der Waals surface area contributed by atoms with Crippen LogP contribution in [-0.4, -0.2) is 28.6 Å². The van der Waals surface area contributed by atoms with Gasteiger partial charge >= 0.3 is 6.09 Å². The fourth-order valence-electron chi connectivity index (χ4n) is 2.17.